The molecule has 0 saturated heterocycles. The molecule has 0 radical (unpaired) electrons. The quantitative estimate of drug-likeness (QED) is 0.635. The molecular weight excluding hydrogens is 358 g/mol. The summed E-state index contributed by atoms with van der Waals surface area (Å²) in [7, 11) is 4.02. The van der Waals surface area contributed by atoms with E-state index >= 15 is 0 Å². The third kappa shape index (κ3) is 3.18. The second-order valence-electron chi connectivity index (χ2n) is 7.94. The van der Waals surface area contributed by atoms with E-state index in [2.05, 4.69) is 35.2 Å². The van der Waals surface area contributed by atoms with Crippen LogP contribution in [0.4, 0.5) is 5.69 Å². The summed E-state index contributed by atoms with van der Waals surface area (Å²) < 4.78 is 0. The Labute approximate surface area is 171 Å². The zero-order valence-electron chi connectivity index (χ0n) is 17.2. The summed E-state index contributed by atoms with van der Waals surface area (Å²) in [6, 6.07) is 23.9. The maximum atomic E-state index is 11.7. The van der Waals surface area contributed by atoms with Crippen LogP contribution in [0.5, 0.6) is 0 Å². The van der Waals surface area contributed by atoms with Crippen LogP contribution < -0.4 is 4.90 Å². The maximum Gasteiger partial charge on any atom is 0.159 e. The molecule has 146 valence electrons. The van der Waals surface area contributed by atoms with Crippen molar-refractivity contribution >= 4 is 22.6 Å². The van der Waals surface area contributed by atoms with E-state index in [0.29, 0.717) is 5.56 Å². The first kappa shape index (κ1) is 19.2. The standard InChI is InChI=1S/C26H25NO2/c1-17(28)18-9-11-19(12-10-18)24-22-7-5-6-8-23(22)26(2,29)25(24)20-13-15-21(16-14-20)27(3)4/h5-16,29H,1-4H3. The number of carbonyl (C=O) groups excluding carboxylic acids is 1. The number of benzene rings is 3. The Balaban J connectivity index is 1.96. The van der Waals surface area contributed by atoms with Gasteiger partial charge in [-0.2, -0.15) is 0 Å². The number of ketones is 1. The molecule has 0 heterocycles. The van der Waals surface area contributed by atoms with E-state index in [9.17, 15) is 9.90 Å². The lowest BCUT2D eigenvalue weighted by molar-refractivity contribution is 0.101. The fourth-order valence-corrected chi connectivity index (χ4v) is 4.16. The van der Waals surface area contributed by atoms with Crippen LogP contribution >= 0.6 is 0 Å². The van der Waals surface area contributed by atoms with Crippen LogP contribution in [-0.2, 0) is 5.60 Å². The molecule has 0 aromatic heterocycles. The lowest BCUT2D eigenvalue weighted by atomic mass is 9.87. The van der Waals surface area contributed by atoms with Gasteiger partial charge >= 0.3 is 0 Å². The van der Waals surface area contributed by atoms with Gasteiger partial charge in [-0.25, -0.2) is 0 Å². The van der Waals surface area contributed by atoms with Gasteiger partial charge in [-0.1, -0.05) is 60.7 Å². The summed E-state index contributed by atoms with van der Waals surface area (Å²) in [5.41, 5.74) is 6.50. The van der Waals surface area contributed by atoms with Crippen molar-refractivity contribution in [3.05, 3.63) is 101 Å². The van der Waals surface area contributed by atoms with Crippen molar-refractivity contribution < 1.29 is 9.90 Å². The smallest absolute Gasteiger partial charge is 0.159 e. The van der Waals surface area contributed by atoms with Crippen molar-refractivity contribution in [2.45, 2.75) is 19.4 Å². The van der Waals surface area contributed by atoms with Gasteiger partial charge in [0.05, 0.1) is 0 Å². The average molecular weight is 383 g/mol. The molecular formula is C26H25NO2. The number of nitrogens with zero attached hydrogens (tertiary/aromatic N) is 1. The molecule has 1 aliphatic rings. The topological polar surface area (TPSA) is 40.5 Å². The highest BCUT2D eigenvalue weighted by Gasteiger charge is 2.40. The lowest BCUT2D eigenvalue weighted by Gasteiger charge is -2.24. The Morgan fingerprint density at radius 2 is 1.45 bits per heavy atom. The first-order chi connectivity index (χ1) is 13.8. The molecule has 1 aliphatic carbocycles. The zero-order valence-corrected chi connectivity index (χ0v) is 17.2. The molecule has 1 atom stereocenters. The molecule has 4 rings (SSSR count). The van der Waals surface area contributed by atoms with Crippen molar-refractivity contribution in [2.24, 2.45) is 0 Å². The van der Waals surface area contributed by atoms with E-state index in [4.69, 9.17) is 0 Å². The summed E-state index contributed by atoms with van der Waals surface area (Å²) in [5, 5.41) is 11.6. The number of carbonyl (C=O) groups is 1. The summed E-state index contributed by atoms with van der Waals surface area (Å²) in [5.74, 6) is 0.0452. The largest absolute Gasteiger partial charge is 0.381 e. The van der Waals surface area contributed by atoms with Crippen LogP contribution in [0, 0.1) is 0 Å². The van der Waals surface area contributed by atoms with Crippen LogP contribution in [-0.4, -0.2) is 25.0 Å². The number of aliphatic hydroxyl groups is 1. The van der Waals surface area contributed by atoms with Crippen molar-refractivity contribution in [3.8, 4) is 0 Å². The monoisotopic (exact) mass is 383 g/mol. The predicted octanol–water partition coefficient (Wildman–Crippen LogP) is 5.14. The molecule has 0 bridgehead atoms. The summed E-state index contributed by atoms with van der Waals surface area (Å²) in [6.45, 7) is 3.43. The molecule has 1 N–H and O–H groups in total. The Hall–Kier alpha value is -3.17. The van der Waals surface area contributed by atoms with Crippen molar-refractivity contribution in [2.75, 3.05) is 19.0 Å². The highest BCUT2D eigenvalue weighted by atomic mass is 16.3. The highest BCUT2D eigenvalue weighted by Crippen LogP contribution is 2.51. The molecule has 3 aromatic carbocycles. The Morgan fingerprint density at radius 1 is 0.862 bits per heavy atom. The Kier molecular flexibility index (Phi) is 4.64. The average Bonchev–Trinajstić information content (AvgIpc) is 2.95. The first-order valence-corrected chi connectivity index (χ1v) is 9.77. The lowest BCUT2D eigenvalue weighted by Crippen LogP contribution is -2.20. The highest BCUT2D eigenvalue weighted by molar-refractivity contribution is 6.07. The normalized spacial score (nSPS) is 18.0. The third-order valence-electron chi connectivity index (χ3n) is 5.71. The van der Waals surface area contributed by atoms with E-state index in [0.717, 1.165) is 39.1 Å². The molecule has 3 aromatic rings. The van der Waals surface area contributed by atoms with Crippen LogP contribution in [0.3, 0.4) is 0 Å². The first-order valence-electron chi connectivity index (χ1n) is 9.77. The molecule has 0 amide bonds. The Morgan fingerprint density at radius 3 is 2.03 bits per heavy atom. The third-order valence-corrected chi connectivity index (χ3v) is 5.71. The molecule has 3 heteroatoms. The minimum Gasteiger partial charge on any atom is -0.381 e. The Bertz CT molecular complexity index is 1100. The van der Waals surface area contributed by atoms with E-state index < -0.39 is 5.60 Å². The molecule has 0 aliphatic heterocycles. The predicted molar refractivity (Wildman–Crippen MR) is 119 cm³/mol. The minimum absolute atomic E-state index is 0.0452. The molecule has 0 spiro atoms. The van der Waals surface area contributed by atoms with Gasteiger partial charge in [0.1, 0.15) is 5.60 Å². The van der Waals surface area contributed by atoms with Gasteiger partial charge < -0.3 is 10.0 Å². The molecule has 0 saturated carbocycles. The van der Waals surface area contributed by atoms with Gasteiger partial charge in [0.25, 0.3) is 0 Å². The number of anilines is 1. The van der Waals surface area contributed by atoms with Crippen molar-refractivity contribution in [3.63, 3.8) is 0 Å². The molecule has 0 fully saturated rings. The fraction of sp³-hybridized carbons (Fsp3) is 0.192. The van der Waals surface area contributed by atoms with Gasteiger partial charge in [-0.15, -0.1) is 0 Å². The second kappa shape index (κ2) is 7.02. The van der Waals surface area contributed by atoms with Crippen LogP contribution in [0.2, 0.25) is 0 Å². The van der Waals surface area contributed by atoms with E-state index in [1.807, 2.05) is 63.5 Å². The van der Waals surface area contributed by atoms with Gasteiger partial charge in [0, 0.05) is 30.9 Å². The number of fused-ring (bicyclic) bond motifs is 1. The summed E-state index contributed by atoms with van der Waals surface area (Å²) in [4.78, 5) is 13.8. The van der Waals surface area contributed by atoms with Crippen LogP contribution in [0.1, 0.15) is 46.5 Å². The van der Waals surface area contributed by atoms with Gasteiger partial charge in [-0.3, -0.25) is 4.79 Å². The van der Waals surface area contributed by atoms with Gasteiger partial charge in [0.2, 0.25) is 0 Å². The summed E-state index contributed by atoms with van der Waals surface area (Å²) >= 11 is 0. The number of rotatable bonds is 4. The molecule has 3 nitrogen and oxygen atoms in total. The second-order valence-corrected chi connectivity index (χ2v) is 7.94. The van der Waals surface area contributed by atoms with Crippen LogP contribution in [0.15, 0.2) is 72.8 Å². The van der Waals surface area contributed by atoms with Crippen molar-refractivity contribution in [1.82, 2.24) is 0 Å². The number of hydrogen-bond acceptors (Lipinski definition) is 3. The SMILES string of the molecule is CC(=O)c1ccc(C2=C(c3ccc(N(C)C)cc3)C(C)(O)c3ccccc32)cc1. The van der Waals surface area contributed by atoms with Gasteiger partial charge in [0.15, 0.2) is 5.78 Å². The minimum atomic E-state index is -1.11. The van der Waals surface area contributed by atoms with E-state index in [1.165, 1.54) is 0 Å². The number of hydrogen-bond donors (Lipinski definition) is 1. The van der Waals surface area contributed by atoms with Crippen molar-refractivity contribution in [1.29, 1.82) is 0 Å². The molecule has 1 unspecified atom stereocenters. The zero-order chi connectivity index (χ0) is 20.8. The van der Waals surface area contributed by atoms with E-state index in [1.54, 1.807) is 6.92 Å². The van der Waals surface area contributed by atoms with Crippen LogP contribution in [0.25, 0.3) is 11.1 Å². The maximum absolute atomic E-state index is 11.7. The van der Waals surface area contributed by atoms with Gasteiger partial charge in [-0.05, 0) is 53.8 Å². The van der Waals surface area contributed by atoms with E-state index in [-0.39, 0.29) is 5.78 Å². The number of Topliss-reactive ketones (excluding diaryl/α,β-unsaturated/α-hetero) is 1. The fourth-order valence-electron chi connectivity index (χ4n) is 4.16. The summed E-state index contributed by atoms with van der Waals surface area (Å²) in [6.07, 6.45) is 0. The molecule has 29 heavy (non-hydrogen) atoms.